The van der Waals surface area contributed by atoms with E-state index in [1.807, 2.05) is 0 Å². The fourth-order valence-corrected chi connectivity index (χ4v) is 2.21. The SMILES string of the molecule is CC(=O)Nc1ccc(C(=O)NC(CO)c2ccc(Cl)cc2)cc1. The number of anilines is 1. The van der Waals surface area contributed by atoms with Crippen molar-refractivity contribution >= 4 is 29.1 Å². The first-order valence-corrected chi connectivity index (χ1v) is 7.42. The van der Waals surface area contributed by atoms with Crippen LogP contribution in [0.2, 0.25) is 5.02 Å². The third kappa shape index (κ3) is 4.81. The van der Waals surface area contributed by atoms with E-state index in [0.717, 1.165) is 5.56 Å². The maximum absolute atomic E-state index is 12.3. The lowest BCUT2D eigenvalue weighted by Gasteiger charge is -2.17. The number of carbonyl (C=O) groups excluding carboxylic acids is 2. The van der Waals surface area contributed by atoms with Gasteiger partial charge in [0.1, 0.15) is 0 Å². The molecule has 2 aromatic carbocycles. The number of hydrogen-bond acceptors (Lipinski definition) is 3. The predicted octanol–water partition coefficient (Wildman–Crippen LogP) is 2.76. The van der Waals surface area contributed by atoms with Crippen LogP contribution >= 0.6 is 11.6 Å². The van der Waals surface area contributed by atoms with Crippen molar-refractivity contribution < 1.29 is 14.7 Å². The molecule has 0 spiro atoms. The molecule has 2 rings (SSSR count). The zero-order valence-electron chi connectivity index (χ0n) is 12.5. The number of carbonyl (C=O) groups is 2. The Morgan fingerprint density at radius 2 is 1.70 bits per heavy atom. The summed E-state index contributed by atoms with van der Waals surface area (Å²) in [7, 11) is 0. The van der Waals surface area contributed by atoms with Crippen LogP contribution in [0.1, 0.15) is 28.9 Å². The Kier molecular flexibility index (Phi) is 5.73. The van der Waals surface area contributed by atoms with Crippen molar-refractivity contribution in [3.63, 3.8) is 0 Å². The first kappa shape index (κ1) is 17.0. The van der Waals surface area contributed by atoms with Gasteiger partial charge in [-0.3, -0.25) is 9.59 Å². The molecule has 0 fully saturated rings. The molecule has 0 aliphatic heterocycles. The van der Waals surface area contributed by atoms with Crippen molar-refractivity contribution in [2.75, 3.05) is 11.9 Å². The van der Waals surface area contributed by atoms with Crippen LogP contribution in [0.15, 0.2) is 48.5 Å². The van der Waals surface area contributed by atoms with Crippen LogP contribution in [0.25, 0.3) is 0 Å². The molecule has 120 valence electrons. The highest BCUT2D eigenvalue weighted by molar-refractivity contribution is 6.30. The summed E-state index contributed by atoms with van der Waals surface area (Å²) in [5.41, 5.74) is 1.82. The maximum atomic E-state index is 12.3. The van der Waals surface area contributed by atoms with Crippen LogP contribution in [0.5, 0.6) is 0 Å². The molecule has 6 heteroatoms. The largest absolute Gasteiger partial charge is 0.394 e. The fourth-order valence-electron chi connectivity index (χ4n) is 2.08. The van der Waals surface area contributed by atoms with Gasteiger partial charge in [-0.15, -0.1) is 0 Å². The minimum atomic E-state index is -0.519. The van der Waals surface area contributed by atoms with Gasteiger partial charge in [0, 0.05) is 23.2 Å². The van der Waals surface area contributed by atoms with Gasteiger partial charge in [-0.1, -0.05) is 23.7 Å². The minimum Gasteiger partial charge on any atom is -0.394 e. The monoisotopic (exact) mass is 332 g/mol. The van der Waals surface area contributed by atoms with Crippen LogP contribution < -0.4 is 10.6 Å². The molecule has 0 saturated heterocycles. The third-order valence-corrected chi connectivity index (χ3v) is 3.48. The van der Waals surface area contributed by atoms with E-state index in [0.29, 0.717) is 16.3 Å². The molecule has 1 unspecified atom stereocenters. The topological polar surface area (TPSA) is 78.4 Å². The Morgan fingerprint density at radius 1 is 1.09 bits per heavy atom. The molecule has 0 radical (unpaired) electrons. The summed E-state index contributed by atoms with van der Waals surface area (Å²) < 4.78 is 0. The molecule has 2 aromatic rings. The number of nitrogens with one attached hydrogen (secondary N) is 2. The molecule has 2 amide bonds. The van der Waals surface area contributed by atoms with Crippen molar-refractivity contribution in [3.05, 3.63) is 64.7 Å². The highest BCUT2D eigenvalue weighted by atomic mass is 35.5. The van der Waals surface area contributed by atoms with Crippen LogP contribution in [-0.4, -0.2) is 23.5 Å². The van der Waals surface area contributed by atoms with Gasteiger partial charge in [0.05, 0.1) is 12.6 Å². The van der Waals surface area contributed by atoms with E-state index in [9.17, 15) is 14.7 Å². The summed E-state index contributed by atoms with van der Waals surface area (Å²) in [5, 5.41) is 15.5. The predicted molar refractivity (Wildman–Crippen MR) is 89.5 cm³/mol. The van der Waals surface area contributed by atoms with Gasteiger partial charge >= 0.3 is 0 Å². The first-order valence-electron chi connectivity index (χ1n) is 7.04. The Balaban J connectivity index is 2.07. The van der Waals surface area contributed by atoms with E-state index < -0.39 is 6.04 Å². The van der Waals surface area contributed by atoms with Gasteiger partial charge in [0.2, 0.25) is 5.91 Å². The number of amides is 2. The smallest absolute Gasteiger partial charge is 0.251 e. The Morgan fingerprint density at radius 3 is 2.22 bits per heavy atom. The second-order valence-corrected chi connectivity index (χ2v) is 5.46. The second-order valence-electron chi connectivity index (χ2n) is 5.02. The van der Waals surface area contributed by atoms with Gasteiger partial charge in [-0.2, -0.15) is 0 Å². The molecule has 3 N–H and O–H groups in total. The van der Waals surface area contributed by atoms with E-state index in [4.69, 9.17) is 11.6 Å². The van der Waals surface area contributed by atoms with E-state index in [2.05, 4.69) is 10.6 Å². The van der Waals surface area contributed by atoms with E-state index in [-0.39, 0.29) is 18.4 Å². The fraction of sp³-hybridized carbons (Fsp3) is 0.176. The summed E-state index contributed by atoms with van der Waals surface area (Å²) >= 11 is 5.83. The average molecular weight is 333 g/mol. The number of hydrogen-bond donors (Lipinski definition) is 3. The Hall–Kier alpha value is -2.37. The summed E-state index contributed by atoms with van der Waals surface area (Å²) in [6.07, 6.45) is 0. The van der Waals surface area contributed by atoms with Gasteiger partial charge < -0.3 is 15.7 Å². The molecule has 0 heterocycles. The highest BCUT2D eigenvalue weighted by Gasteiger charge is 2.15. The highest BCUT2D eigenvalue weighted by Crippen LogP contribution is 2.17. The quantitative estimate of drug-likeness (QED) is 0.787. The lowest BCUT2D eigenvalue weighted by Crippen LogP contribution is -2.30. The van der Waals surface area contributed by atoms with E-state index in [1.165, 1.54) is 6.92 Å². The van der Waals surface area contributed by atoms with Gasteiger partial charge in [0.15, 0.2) is 0 Å². The van der Waals surface area contributed by atoms with Crippen LogP contribution in [-0.2, 0) is 4.79 Å². The van der Waals surface area contributed by atoms with Gasteiger partial charge in [0.25, 0.3) is 5.91 Å². The van der Waals surface area contributed by atoms with E-state index >= 15 is 0 Å². The molecule has 0 bridgehead atoms. The number of aliphatic hydroxyl groups is 1. The molecule has 1 atom stereocenters. The lowest BCUT2D eigenvalue weighted by atomic mass is 10.1. The first-order chi connectivity index (χ1) is 11.0. The molecular formula is C17H17ClN2O3. The van der Waals surface area contributed by atoms with Crippen LogP contribution in [0.3, 0.4) is 0 Å². The minimum absolute atomic E-state index is 0.176. The van der Waals surface area contributed by atoms with Crippen LogP contribution in [0.4, 0.5) is 5.69 Å². The maximum Gasteiger partial charge on any atom is 0.251 e. The van der Waals surface area contributed by atoms with Crippen molar-refractivity contribution in [2.45, 2.75) is 13.0 Å². The number of aliphatic hydroxyl groups excluding tert-OH is 1. The third-order valence-electron chi connectivity index (χ3n) is 3.23. The zero-order chi connectivity index (χ0) is 16.8. The molecular weight excluding hydrogens is 316 g/mol. The summed E-state index contributed by atoms with van der Waals surface area (Å²) in [6, 6.07) is 12.9. The standard InChI is InChI=1S/C17H17ClN2O3/c1-11(22)19-15-8-4-13(5-9-15)17(23)20-16(10-21)12-2-6-14(18)7-3-12/h2-9,16,21H,10H2,1H3,(H,19,22)(H,20,23). The van der Waals surface area contributed by atoms with Gasteiger partial charge in [-0.25, -0.2) is 0 Å². The van der Waals surface area contributed by atoms with E-state index in [1.54, 1.807) is 48.5 Å². The normalized spacial score (nSPS) is 11.6. The molecule has 0 aliphatic carbocycles. The van der Waals surface area contributed by atoms with Crippen molar-refractivity contribution in [1.82, 2.24) is 5.32 Å². The average Bonchev–Trinajstić information content (AvgIpc) is 2.53. The van der Waals surface area contributed by atoms with Crippen molar-refractivity contribution in [1.29, 1.82) is 0 Å². The number of rotatable bonds is 5. The van der Waals surface area contributed by atoms with Crippen LogP contribution in [0, 0.1) is 0 Å². The number of benzene rings is 2. The Bertz CT molecular complexity index is 684. The second kappa shape index (κ2) is 7.76. The lowest BCUT2D eigenvalue weighted by molar-refractivity contribution is -0.114. The zero-order valence-corrected chi connectivity index (χ0v) is 13.3. The molecule has 0 aromatic heterocycles. The summed E-state index contributed by atoms with van der Waals surface area (Å²) in [4.78, 5) is 23.2. The molecule has 23 heavy (non-hydrogen) atoms. The molecule has 5 nitrogen and oxygen atoms in total. The molecule has 0 aliphatic rings. The number of halogens is 1. The van der Waals surface area contributed by atoms with Crippen molar-refractivity contribution in [3.8, 4) is 0 Å². The molecule has 0 saturated carbocycles. The Labute approximate surface area is 139 Å². The summed E-state index contributed by atoms with van der Waals surface area (Å²) in [5.74, 6) is -0.487. The van der Waals surface area contributed by atoms with Gasteiger partial charge in [-0.05, 0) is 42.0 Å². The summed E-state index contributed by atoms with van der Waals surface area (Å²) in [6.45, 7) is 1.19. The van der Waals surface area contributed by atoms with Crippen molar-refractivity contribution in [2.24, 2.45) is 0 Å².